The molecule has 3 aromatic rings. The van der Waals surface area contributed by atoms with Gasteiger partial charge in [-0.3, -0.25) is 9.48 Å². The van der Waals surface area contributed by atoms with Crippen molar-refractivity contribution in [3.8, 4) is 5.75 Å². The number of benzene rings is 2. The van der Waals surface area contributed by atoms with Gasteiger partial charge in [-0.05, 0) is 48.4 Å². The molecule has 1 amide bonds. The van der Waals surface area contributed by atoms with Crippen LogP contribution in [0.5, 0.6) is 5.75 Å². The van der Waals surface area contributed by atoms with E-state index in [1.165, 1.54) is 6.33 Å². The molecular formula is C26H29Cl2N5O3. The van der Waals surface area contributed by atoms with Gasteiger partial charge in [0.1, 0.15) is 25.0 Å². The second-order valence-corrected chi connectivity index (χ2v) is 10.1. The largest absolute Gasteiger partial charge is 0.491 e. The van der Waals surface area contributed by atoms with Crippen LogP contribution in [0, 0.1) is 0 Å². The molecule has 2 aliphatic heterocycles. The van der Waals surface area contributed by atoms with Crippen LogP contribution >= 0.6 is 23.2 Å². The summed E-state index contributed by atoms with van der Waals surface area (Å²) in [5.41, 5.74) is 2.15. The molecule has 0 aliphatic carbocycles. The van der Waals surface area contributed by atoms with Gasteiger partial charge in [-0.15, -0.1) is 0 Å². The third-order valence-electron chi connectivity index (χ3n) is 6.89. The quantitative estimate of drug-likeness (QED) is 0.455. The summed E-state index contributed by atoms with van der Waals surface area (Å²) in [6.45, 7) is 5.80. The highest BCUT2D eigenvalue weighted by Gasteiger charge is 2.38. The van der Waals surface area contributed by atoms with E-state index in [4.69, 9.17) is 32.7 Å². The number of hydrogen-bond acceptors (Lipinski definition) is 6. The van der Waals surface area contributed by atoms with Crippen LogP contribution in [0.1, 0.15) is 24.8 Å². The Morgan fingerprint density at radius 3 is 2.56 bits per heavy atom. The second-order valence-electron chi connectivity index (χ2n) is 9.22. The number of nitrogens with zero attached hydrogens (tertiary/aromatic N) is 5. The SMILES string of the molecule is CC(=O)N1CCN(c2ccc(OCC3CC(c4ccc(Cl)cc4Cl)C(Cn4cncn4)O3)cc2)CC1. The van der Waals surface area contributed by atoms with Gasteiger partial charge in [-0.2, -0.15) is 5.10 Å². The van der Waals surface area contributed by atoms with E-state index < -0.39 is 0 Å². The number of amides is 1. The summed E-state index contributed by atoms with van der Waals surface area (Å²) >= 11 is 12.7. The van der Waals surface area contributed by atoms with Gasteiger partial charge in [0.05, 0.1) is 18.8 Å². The Labute approximate surface area is 220 Å². The number of carbonyl (C=O) groups is 1. The van der Waals surface area contributed by atoms with Crippen LogP contribution in [0.2, 0.25) is 10.0 Å². The van der Waals surface area contributed by atoms with Gasteiger partial charge in [0.15, 0.2) is 0 Å². The molecule has 1 aromatic heterocycles. The minimum Gasteiger partial charge on any atom is -0.491 e. The number of aromatic nitrogens is 3. The van der Waals surface area contributed by atoms with Crippen LogP contribution in [0.25, 0.3) is 0 Å². The topological polar surface area (TPSA) is 72.7 Å². The maximum absolute atomic E-state index is 11.6. The monoisotopic (exact) mass is 529 g/mol. The lowest BCUT2D eigenvalue weighted by Crippen LogP contribution is -2.48. The van der Waals surface area contributed by atoms with Crippen molar-refractivity contribution in [3.05, 3.63) is 70.7 Å². The molecule has 8 nitrogen and oxygen atoms in total. The highest BCUT2D eigenvalue weighted by molar-refractivity contribution is 6.35. The average Bonchev–Trinajstić information content (AvgIpc) is 3.53. The van der Waals surface area contributed by atoms with Gasteiger partial charge in [-0.1, -0.05) is 29.3 Å². The van der Waals surface area contributed by atoms with Crippen LogP contribution < -0.4 is 9.64 Å². The molecule has 2 fully saturated rings. The van der Waals surface area contributed by atoms with E-state index in [1.54, 1.807) is 24.0 Å². The average molecular weight is 530 g/mol. The molecule has 36 heavy (non-hydrogen) atoms. The lowest BCUT2D eigenvalue weighted by molar-refractivity contribution is -0.129. The van der Waals surface area contributed by atoms with Crippen molar-refractivity contribution in [2.45, 2.75) is 38.0 Å². The Bertz CT molecular complexity index is 1170. The molecule has 2 aromatic carbocycles. The van der Waals surface area contributed by atoms with Crippen molar-refractivity contribution in [3.63, 3.8) is 0 Å². The number of rotatable bonds is 7. The number of hydrogen-bond donors (Lipinski definition) is 0. The Morgan fingerprint density at radius 2 is 1.89 bits per heavy atom. The zero-order chi connectivity index (χ0) is 25.1. The predicted molar refractivity (Wildman–Crippen MR) is 139 cm³/mol. The number of piperazine rings is 1. The summed E-state index contributed by atoms with van der Waals surface area (Å²) in [4.78, 5) is 19.8. The molecular weight excluding hydrogens is 501 g/mol. The molecule has 3 atom stereocenters. The standard InChI is InChI=1S/C26H29Cl2N5O3/c1-18(34)31-8-10-32(11-9-31)20-3-5-21(6-4-20)35-15-22-13-24(23-7-2-19(27)12-25(23)28)26(36-22)14-33-17-29-16-30-33/h2-7,12,16-17,22,24,26H,8-11,13-15H2,1H3. The summed E-state index contributed by atoms with van der Waals surface area (Å²) in [6, 6.07) is 13.7. The van der Waals surface area contributed by atoms with E-state index >= 15 is 0 Å². The van der Waals surface area contributed by atoms with E-state index in [0.717, 1.165) is 49.6 Å². The molecule has 0 radical (unpaired) electrons. The van der Waals surface area contributed by atoms with Gasteiger partial charge in [0, 0.05) is 54.8 Å². The summed E-state index contributed by atoms with van der Waals surface area (Å²) in [5, 5.41) is 5.49. The molecule has 2 saturated heterocycles. The van der Waals surface area contributed by atoms with E-state index in [1.807, 2.05) is 29.2 Å². The fraction of sp³-hybridized carbons (Fsp3) is 0.423. The molecule has 0 bridgehead atoms. The fourth-order valence-corrected chi connectivity index (χ4v) is 5.52. The smallest absolute Gasteiger partial charge is 0.219 e. The first-order chi connectivity index (χ1) is 17.5. The van der Waals surface area contributed by atoms with Crippen molar-refractivity contribution < 1.29 is 14.3 Å². The first kappa shape index (κ1) is 24.9. The van der Waals surface area contributed by atoms with Crippen LogP contribution in [0.3, 0.4) is 0 Å². The van der Waals surface area contributed by atoms with Crippen molar-refractivity contribution in [1.29, 1.82) is 0 Å². The highest BCUT2D eigenvalue weighted by Crippen LogP contribution is 2.40. The number of anilines is 1. The van der Waals surface area contributed by atoms with Crippen LogP contribution in [0.4, 0.5) is 5.69 Å². The summed E-state index contributed by atoms with van der Waals surface area (Å²) < 4.78 is 14.3. The summed E-state index contributed by atoms with van der Waals surface area (Å²) in [6.07, 6.45) is 3.78. The third-order valence-corrected chi connectivity index (χ3v) is 7.45. The van der Waals surface area contributed by atoms with E-state index in [0.29, 0.717) is 23.2 Å². The van der Waals surface area contributed by atoms with Crippen LogP contribution in [-0.4, -0.2) is 70.6 Å². The minimum atomic E-state index is -0.116. The van der Waals surface area contributed by atoms with Gasteiger partial charge in [0.25, 0.3) is 0 Å². The molecule has 2 aliphatic rings. The van der Waals surface area contributed by atoms with Crippen molar-refractivity contribution in [2.24, 2.45) is 0 Å². The zero-order valence-electron chi connectivity index (χ0n) is 20.1. The minimum absolute atomic E-state index is 0.0867. The first-order valence-corrected chi connectivity index (χ1v) is 12.9. The number of ether oxygens (including phenoxy) is 2. The molecule has 0 spiro atoms. The van der Waals surface area contributed by atoms with E-state index in [2.05, 4.69) is 27.1 Å². The lowest BCUT2D eigenvalue weighted by Gasteiger charge is -2.35. The molecule has 190 valence electrons. The Kier molecular flexibility index (Phi) is 7.65. The Hall–Kier alpha value is -2.81. The third kappa shape index (κ3) is 5.77. The molecule has 3 unspecified atom stereocenters. The van der Waals surface area contributed by atoms with E-state index in [-0.39, 0.29) is 24.0 Å². The van der Waals surface area contributed by atoms with Crippen molar-refractivity contribution in [1.82, 2.24) is 19.7 Å². The molecule has 10 heteroatoms. The van der Waals surface area contributed by atoms with Crippen molar-refractivity contribution >= 4 is 34.8 Å². The molecule has 0 N–H and O–H groups in total. The van der Waals surface area contributed by atoms with E-state index in [9.17, 15) is 4.79 Å². The predicted octanol–water partition coefficient (Wildman–Crippen LogP) is 4.27. The van der Waals surface area contributed by atoms with Crippen LogP contribution in [-0.2, 0) is 16.1 Å². The highest BCUT2D eigenvalue weighted by atomic mass is 35.5. The fourth-order valence-electron chi connectivity index (χ4n) is 4.97. The van der Waals surface area contributed by atoms with Gasteiger partial charge >= 0.3 is 0 Å². The van der Waals surface area contributed by atoms with Crippen molar-refractivity contribution in [2.75, 3.05) is 37.7 Å². The normalized spacial score (nSPS) is 22.1. The van der Waals surface area contributed by atoms with Gasteiger partial charge in [-0.25, -0.2) is 4.98 Å². The molecule has 5 rings (SSSR count). The lowest BCUT2D eigenvalue weighted by atomic mass is 9.91. The molecule has 3 heterocycles. The maximum atomic E-state index is 11.6. The maximum Gasteiger partial charge on any atom is 0.219 e. The van der Waals surface area contributed by atoms with Crippen LogP contribution in [0.15, 0.2) is 55.1 Å². The second kappa shape index (κ2) is 11.1. The Morgan fingerprint density at radius 1 is 1.11 bits per heavy atom. The Balaban J connectivity index is 1.20. The van der Waals surface area contributed by atoms with Gasteiger partial charge in [0.2, 0.25) is 5.91 Å². The molecule has 0 saturated carbocycles. The summed E-state index contributed by atoms with van der Waals surface area (Å²) in [5.74, 6) is 1.02. The number of carbonyl (C=O) groups excluding carboxylic acids is 1. The van der Waals surface area contributed by atoms with Gasteiger partial charge < -0.3 is 19.3 Å². The zero-order valence-corrected chi connectivity index (χ0v) is 21.6. The summed E-state index contributed by atoms with van der Waals surface area (Å²) in [7, 11) is 0. The first-order valence-electron chi connectivity index (χ1n) is 12.1. The number of halogens is 2.